The maximum Gasteiger partial charge on any atom is 0.406 e. The molecule has 112 valence electrons. The van der Waals surface area contributed by atoms with Gasteiger partial charge in [-0.2, -0.15) is 13.2 Å². The van der Waals surface area contributed by atoms with E-state index in [-0.39, 0.29) is 5.56 Å². The molecule has 8 heteroatoms. The predicted molar refractivity (Wildman–Crippen MR) is 62.0 cm³/mol. The summed E-state index contributed by atoms with van der Waals surface area (Å²) in [4.78, 5) is 11.9. The lowest BCUT2D eigenvalue weighted by molar-refractivity contribution is -0.137. The van der Waals surface area contributed by atoms with Crippen molar-refractivity contribution in [1.82, 2.24) is 10.2 Å². The third-order valence-corrected chi connectivity index (χ3v) is 2.49. The molecule has 0 fully saturated rings. The van der Waals surface area contributed by atoms with Crippen LogP contribution < -0.4 is 5.32 Å². The number of rotatable bonds is 3. The van der Waals surface area contributed by atoms with Crippen LogP contribution in [0.5, 0.6) is 0 Å². The average Bonchev–Trinajstić information content (AvgIpc) is 2.25. The minimum atomic E-state index is -4.51. The van der Waals surface area contributed by atoms with Gasteiger partial charge in [0.25, 0.3) is 0 Å². The lowest BCUT2D eigenvalue weighted by atomic mass is 10.1. The number of carbonyl (C=O) groups is 1. The van der Waals surface area contributed by atoms with Crippen molar-refractivity contribution in [2.24, 2.45) is 0 Å². The summed E-state index contributed by atoms with van der Waals surface area (Å²) in [5.41, 5.74) is 0.122. The zero-order chi connectivity index (χ0) is 15.5. The van der Waals surface area contributed by atoms with Gasteiger partial charge in [0.2, 0.25) is 0 Å². The van der Waals surface area contributed by atoms with Crippen LogP contribution >= 0.6 is 0 Å². The van der Waals surface area contributed by atoms with E-state index < -0.39 is 36.4 Å². The maximum atomic E-state index is 13.0. The number of carbonyl (C=O) groups excluding carboxylic acids is 1. The highest BCUT2D eigenvalue weighted by molar-refractivity contribution is 5.74. The monoisotopic (exact) mass is 296 g/mol. The Labute approximate surface area is 112 Å². The Morgan fingerprint density at radius 2 is 1.75 bits per heavy atom. The zero-order valence-corrected chi connectivity index (χ0v) is 10.8. The number of benzene rings is 1. The number of nitrogens with one attached hydrogen (secondary N) is 1. The summed E-state index contributed by atoms with van der Waals surface area (Å²) in [5.74, 6) is -1.66. The van der Waals surface area contributed by atoms with Crippen molar-refractivity contribution in [2.45, 2.75) is 19.1 Å². The minimum Gasteiger partial charge on any atom is -0.331 e. The molecule has 0 saturated carbocycles. The van der Waals surface area contributed by atoms with Gasteiger partial charge in [-0.05, 0) is 24.6 Å². The van der Waals surface area contributed by atoms with Gasteiger partial charge in [0, 0.05) is 13.1 Å². The first-order valence-electron chi connectivity index (χ1n) is 5.63. The Hall–Kier alpha value is -1.86. The molecule has 0 heterocycles. The number of halogens is 5. The van der Waals surface area contributed by atoms with Gasteiger partial charge in [-0.3, -0.25) is 0 Å². The topological polar surface area (TPSA) is 32.3 Å². The number of alkyl halides is 3. The van der Waals surface area contributed by atoms with Gasteiger partial charge >= 0.3 is 12.2 Å². The van der Waals surface area contributed by atoms with Crippen LogP contribution in [0.2, 0.25) is 0 Å². The summed E-state index contributed by atoms with van der Waals surface area (Å²) < 4.78 is 62.3. The van der Waals surface area contributed by atoms with Gasteiger partial charge in [0.1, 0.15) is 18.2 Å². The second-order valence-corrected chi connectivity index (χ2v) is 4.35. The summed E-state index contributed by atoms with van der Waals surface area (Å²) in [5, 5.41) is 2.23. The number of hydrogen-bond acceptors (Lipinski definition) is 1. The van der Waals surface area contributed by atoms with Crippen molar-refractivity contribution < 1.29 is 26.7 Å². The highest BCUT2D eigenvalue weighted by atomic mass is 19.4. The van der Waals surface area contributed by atoms with Gasteiger partial charge < -0.3 is 10.2 Å². The van der Waals surface area contributed by atoms with Crippen LogP contribution in [0.15, 0.2) is 18.2 Å². The molecule has 0 saturated heterocycles. The summed E-state index contributed by atoms with van der Waals surface area (Å²) in [6.45, 7) is -0.00337. The molecule has 0 aromatic heterocycles. The molecule has 20 heavy (non-hydrogen) atoms. The van der Waals surface area contributed by atoms with Crippen molar-refractivity contribution in [2.75, 3.05) is 13.6 Å². The number of nitrogens with zero attached hydrogens (tertiary/aromatic N) is 1. The molecule has 0 aliphatic heterocycles. The molecule has 0 spiro atoms. The van der Waals surface area contributed by atoms with Crippen LogP contribution in [0.25, 0.3) is 0 Å². The summed E-state index contributed by atoms with van der Waals surface area (Å²) in [7, 11) is 0.974. The smallest absolute Gasteiger partial charge is 0.331 e. The molecule has 0 unspecified atom stereocenters. The SMILES string of the molecule is C[C@@H](NC(=O)N(C)CC(F)(F)F)c1cc(F)cc(F)c1. The van der Waals surface area contributed by atoms with E-state index >= 15 is 0 Å². The van der Waals surface area contributed by atoms with E-state index in [1.807, 2.05) is 0 Å². The Morgan fingerprint density at radius 3 is 2.20 bits per heavy atom. The summed E-state index contributed by atoms with van der Waals surface area (Å²) in [6, 6.07) is 0.839. The number of hydrogen-bond donors (Lipinski definition) is 1. The number of urea groups is 1. The van der Waals surface area contributed by atoms with Crippen LogP contribution in [0, 0.1) is 11.6 Å². The van der Waals surface area contributed by atoms with Gasteiger partial charge in [0.05, 0.1) is 6.04 Å². The fourth-order valence-electron chi connectivity index (χ4n) is 1.54. The summed E-state index contributed by atoms with van der Waals surface area (Å²) >= 11 is 0. The highest BCUT2D eigenvalue weighted by Gasteiger charge is 2.31. The molecule has 1 aromatic carbocycles. The molecular formula is C12H13F5N2O. The molecule has 0 aliphatic carbocycles. The Morgan fingerprint density at radius 1 is 1.25 bits per heavy atom. The lowest BCUT2D eigenvalue weighted by Crippen LogP contribution is -2.43. The van der Waals surface area contributed by atoms with E-state index in [1.54, 1.807) is 0 Å². The molecule has 0 bridgehead atoms. The Bertz CT molecular complexity index is 469. The lowest BCUT2D eigenvalue weighted by Gasteiger charge is -2.22. The van der Waals surface area contributed by atoms with E-state index in [0.29, 0.717) is 11.0 Å². The van der Waals surface area contributed by atoms with Gasteiger partial charge in [-0.25, -0.2) is 13.6 Å². The molecule has 1 aromatic rings. The normalized spacial score (nSPS) is 12.9. The number of amides is 2. The van der Waals surface area contributed by atoms with Crippen LogP contribution in [0.1, 0.15) is 18.5 Å². The molecule has 1 atom stereocenters. The van der Waals surface area contributed by atoms with E-state index in [2.05, 4.69) is 5.32 Å². The fourth-order valence-corrected chi connectivity index (χ4v) is 1.54. The second-order valence-electron chi connectivity index (χ2n) is 4.35. The molecule has 1 rings (SSSR count). The molecule has 2 amide bonds. The van der Waals surface area contributed by atoms with Gasteiger partial charge in [-0.1, -0.05) is 0 Å². The highest BCUT2D eigenvalue weighted by Crippen LogP contribution is 2.18. The van der Waals surface area contributed by atoms with E-state index in [1.165, 1.54) is 6.92 Å². The molecule has 3 nitrogen and oxygen atoms in total. The third-order valence-electron chi connectivity index (χ3n) is 2.49. The van der Waals surface area contributed by atoms with E-state index in [0.717, 1.165) is 19.2 Å². The predicted octanol–water partition coefficient (Wildman–Crippen LogP) is 3.23. The first kappa shape index (κ1) is 16.2. The van der Waals surface area contributed by atoms with Crippen LogP contribution in [-0.4, -0.2) is 30.7 Å². The largest absolute Gasteiger partial charge is 0.406 e. The fraction of sp³-hybridized carbons (Fsp3) is 0.417. The second kappa shape index (κ2) is 6.06. The van der Waals surface area contributed by atoms with E-state index in [4.69, 9.17) is 0 Å². The first-order valence-corrected chi connectivity index (χ1v) is 5.63. The maximum absolute atomic E-state index is 13.0. The van der Waals surface area contributed by atoms with Crippen molar-refractivity contribution in [3.8, 4) is 0 Å². The van der Waals surface area contributed by atoms with Crippen molar-refractivity contribution in [1.29, 1.82) is 0 Å². The zero-order valence-electron chi connectivity index (χ0n) is 10.8. The first-order chi connectivity index (χ1) is 9.08. The van der Waals surface area contributed by atoms with Crippen molar-refractivity contribution >= 4 is 6.03 Å². The Kier molecular flexibility index (Phi) is 4.91. The Balaban J connectivity index is 2.70. The molecule has 1 N–H and O–H groups in total. The van der Waals surface area contributed by atoms with Gasteiger partial charge in [0.15, 0.2) is 0 Å². The van der Waals surface area contributed by atoms with Crippen LogP contribution in [0.4, 0.5) is 26.7 Å². The third kappa shape index (κ3) is 5.02. The molecule has 0 aliphatic rings. The van der Waals surface area contributed by atoms with Crippen molar-refractivity contribution in [3.63, 3.8) is 0 Å². The van der Waals surface area contributed by atoms with E-state index in [9.17, 15) is 26.7 Å². The van der Waals surface area contributed by atoms with Gasteiger partial charge in [-0.15, -0.1) is 0 Å². The average molecular weight is 296 g/mol. The van der Waals surface area contributed by atoms with Crippen molar-refractivity contribution in [3.05, 3.63) is 35.4 Å². The van der Waals surface area contributed by atoms with Crippen LogP contribution in [-0.2, 0) is 0 Å². The minimum absolute atomic E-state index is 0.122. The molecular weight excluding hydrogens is 283 g/mol. The standard InChI is InChI=1S/C12H13F5N2O/c1-7(8-3-9(13)5-10(14)4-8)18-11(20)19(2)6-12(15,16)17/h3-5,7H,6H2,1-2H3,(H,18,20)/t7-/m1/s1. The molecule has 0 radical (unpaired) electrons. The van der Waals surface area contributed by atoms with Crippen LogP contribution in [0.3, 0.4) is 0 Å². The quantitative estimate of drug-likeness (QED) is 0.853. The summed E-state index contributed by atoms with van der Waals surface area (Å²) in [6.07, 6.45) is -4.51.